The van der Waals surface area contributed by atoms with E-state index in [2.05, 4.69) is 36.9 Å². The molecule has 5 heteroatoms. The van der Waals surface area contributed by atoms with Gasteiger partial charge in [0, 0.05) is 50.4 Å². The molecule has 3 rings (SSSR count). The van der Waals surface area contributed by atoms with Gasteiger partial charge in [-0.3, -0.25) is 9.59 Å². The number of aryl methyl sites for hydroxylation is 1. The van der Waals surface area contributed by atoms with Gasteiger partial charge in [-0.1, -0.05) is 12.1 Å². The summed E-state index contributed by atoms with van der Waals surface area (Å²) in [7, 11) is 0. The Morgan fingerprint density at radius 3 is 2.31 bits per heavy atom. The van der Waals surface area contributed by atoms with E-state index in [1.807, 2.05) is 30.6 Å². The standard InChI is InChI=1S/C21H31N3O2/c1-15-7-6-8-18(16(15)2)22-9-11-23(12-10-22)20(26)17-13-19(25)24(14-17)21(3,4)5/h6-8,17H,9-14H2,1-5H3. The minimum absolute atomic E-state index is 0.102. The molecule has 1 atom stereocenters. The van der Waals surface area contributed by atoms with Crippen LogP contribution >= 0.6 is 0 Å². The number of carbonyl (C=O) groups is 2. The first-order valence-electron chi connectivity index (χ1n) is 9.59. The van der Waals surface area contributed by atoms with Crippen molar-refractivity contribution in [1.82, 2.24) is 9.80 Å². The highest BCUT2D eigenvalue weighted by Crippen LogP contribution is 2.28. The minimum atomic E-state index is -0.215. The van der Waals surface area contributed by atoms with Gasteiger partial charge in [0.15, 0.2) is 0 Å². The van der Waals surface area contributed by atoms with Crippen LogP contribution in [0.2, 0.25) is 0 Å². The molecule has 2 saturated heterocycles. The Morgan fingerprint density at radius 1 is 1.08 bits per heavy atom. The SMILES string of the molecule is Cc1cccc(N2CCN(C(=O)C3CC(=O)N(C(C)(C)C)C3)CC2)c1C. The van der Waals surface area contributed by atoms with E-state index in [0.717, 1.165) is 26.2 Å². The van der Waals surface area contributed by atoms with E-state index in [1.165, 1.54) is 16.8 Å². The molecule has 0 spiro atoms. The Kier molecular flexibility index (Phi) is 5.00. The molecule has 2 aliphatic rings. The fraction of sp³-hybridized carbons (Fsp3) is 0.619. The fourth-order valence-corrected chi connectivity index (χ4v) is 4.03. The maximum atomic E-state index is 12.9. The summed E-state index contributed by atoms with van der Waals surface area (Å²) in [4.78, 5) is 31.4. The molecular formula is C21H31N3O2. The predicted octanol–water partition coefficient (Wildman–Crippen LogP) is 2.60. The number of hydrogen-bond donors (Lipinski definition) is 0. The highest BCUT2D eigenvalue weighted by molar-refractivity contribution is 5.89. The molecule has 2 fully saturated rings. The van der Waals surface area contributed by atoms with Crippen molar-refractivity contribution >= 4 is 17.5 Å². The van der Waals surface area contributed by atoms with E-state index < -0.39 is 0 Å². The van der Waals surface area contributed by atoms with Crippen LogP contribution in [0.5, 0.6) is 0 Å². The normalized spacial score (nSPS) is 21.5. The second-order valence-corrected chi connectivity index (χ2v) is 8.61. The first-order chi connectivity index (χ1) is 12.2. The van der Waals surface area contributed by atoms with Gasteiger partial charge in [0.05, 0.1) is 5.92 Å². The van der Waals surface area contributed by atoms with Crippen molar-refractivity contribution in [2.24, 2.45) is 5.92 Å². The number of carbonyl (C=O) groups excluding carboxylic acids is 2. The summed E-state index contributed by atoms with van der Waals surface area (Å²) in [5.74, 6) is 0.0598. The second-order valence-electron chi connectivity index (χ2n) is 8.61. The lowest BCUT2D eigenvalue weighted by molar-refractivity contribution is -0.136. The van der Waals surface area contributed by atoms with Crippen molar-refractivity contribution in [3.05, 3.63) is 29.3 Å². The number of nitrogens with zero attached hydrogens (tertiary/aromatic N) is 3. The van der Waals surface area contributed by atoms with Gasteiger partial charge in [0.2, 0.25) is 11.8 Å². The number of amides is 2. The van der Waals surface area contributed by atoms with Gasteiger partial charge in [-0.25, -0.2) is 0 Å². The number of rotatable bonds is 2. The van der Waals surface area contributed by atoms with Crippen molar-refractivity contribution in [3.63, 3.8) is 0 Å². The average molecular weight is 357 g/mol. The second kappa shape index (κ2) is 6.93. The molecule has 0 N–H and O–H groups in total. The molecule has 2 aliphatic heterocycles. The number of likely N-dealkylation sites (tertiary alicyclic amines) is 1. The maximum absolute atomic E-state index is 12.9. The Hall–Kier alpha value is -2.04. The average Bonchev–Trinajstić information content (AvgIpc) is 2.99. The highest BCUT2D eigenvalue weighted by Gasteiger charge is 2.41. The molecule has 2 heterocycles. The molecule has 1 aromatic rings. The molecule has 26 heavy (non-hydrogen) atoms. The fourth-order valence-electron chi connectivity index (χ4n) is 4.03. The topological polar surface area (TPSA) is 43.9 Å². The van der Waals surface area contributed by atoms with Gasteiger partial charge in [0.25, 0.3) is 0 Å². The van der Waals surface area contributed by atoms with Crippen molar-refractivity contribution in [1.29, 1.82) is 0 Å². The van der Waals surface area contributed by atoms with Crippen LogP contribution in [-0.4, -0.2) is 59.9 Å². The van der Waals surface area contributed by atoms with Crippen molar-refractivity contribution in [2.45, 2.75) is 46.6 Å². The van der Waals surface area contributed by atoms with E-state index >= 15 is 0 Å². The smallest absolute Gasteiger partial charge is 0.228 e. The summed E-state index contributed by atoms with van der Waals surface area (Å²) in [5.41, 5.74) is 3.67. The first kappa shape index (κ1) is 18.7. The molecule has 142 valence electrons. The van der Waals surface area contributed by atoms with Gasteiger partial charge in [0.1, 0.15) is 0 Å². The monoisotopic (exact) mass is 357 g/mol. The van der Waals surface area contributed by atoms with Gasteiger partial charge < -0.3 is 14.7 Å². The quantitative estimate of drug-likeness (QED) is 0.817. The lowest BCUT2D eigenvalue weighted by Crippen LogP contribution is -2.51. The van der Waals surface area contributed by atoms with Gasteiger partial charge in [-0.2, -0.15) is 0 Å². The van der Waals surface area contributed by atoms with Crippen molar-refractivity contribution < 1.29 is 9.59 Å². The predicted molar refractivity (Wildman–Crippen MR) is 104 cm³/mol. The number of hydrogen-bond acceptors (Lipinski definition) is 3. The first-order valence-corrected chi connectivity index (χ1v) is 9.59. The lowest BCUT2D eigenvalue weighted by Gasteiger charge is -2.38. The summed E-state index contributed by atoms with van der Waals surface area (Å²) in [6, 6.07) is 6.40. The molecule has 0 bridgehead atoms. The van der Waals surface area contributed by atoms with E-state index in [9.17, 15) is 9.59 Å². The Morgan fingerprint density at radius 2 is 1.73 bits per heavy atom. The van der Waals surface area contributed by atoms with Crippen LogP contribution < -0.4 is 4.90 Å². The summed E-state index contributed by atoms with van der Waals surface area (Å²) < 4.78 is 0. The zero-order chi connectivity index (χ0) is 19.1. The zero-order valence-corrected chi connectivity index (χ0v) is 16.7. The molecule has 0 aromatic heterocycles. The third-order valence-corrected chi connectivity index (χ3v) is 5.79. The summed E-state index contributed by atoms with van der Waals surface area (Å²) in [5, 5.41) is 0. The maximum Gasteiger partial charge on any atom is 0.228 e. The third-order valence-electron chi connectivity index (χ3n) is 5.79. The molecular weight excluding hydrogens is 326 g/mol. The highest BCUT2D eigenvalue weighted by atomic mass is 16.2. The molecule has 0 radical (unpaired) electrons. The van der Waals surface area contributed by atoms with Crippen LogP contribution in [0.3, 0.4) is 0 Å². The number of benzene rings is 1. The van der Waals surface area contributed by atoms with E-state index in [0.29, 0.717) is 13.0 Å². The van der Waals surface area contributed by atoms with E-state index in [4.69, 9.17) is 0 Å². The van der Waals surface area contributed by atoms with Crippen LogP contribution in [0.15, 0.2) is 18.2 Å². The van der Waals surface area contributed by atoms with E-state index in [-0.39, 0.29) is 23.3 Å². The largest absolute Gasteiger partial charge is 0.368 e. The van der Waals surface area contributed by atoms with Gasteiger partial charge >= 0.3 is 0 Å². The number of piperazine rings is 1. The number of anilines is 1. The van der Waals surface area contributed by atoms with Crippen LogP contribution in [0.1, 0.15) is 38.3 Å². The van der Waals surface area contributed by atoms with Crippen LogP contribution in [-0.2, 0) is 9.59 Å². The minimum Gasteiger partial charge on any atom is -0.368 e. The molecule has 1 unspecified atom stereocenters. The summed E-state index contributed by atoms with van der Waals surface area (Å²) in [6.45, 7) is 14.1. The molecule has 2 amide bonds. The van der Waals surface area contributed by atoms with Gasteiger partial charge in [-0.05, 0) is 51.8 Å². The van der Waals surface area contributed by atoms with Crippen LogP contribution in [0.25, 0.3) is 0 Å². The molecule has 1 aromatic carbocycles. The van der Waals surface area contributed by atoms with Crippen LogP contribution in [0.4, 0.5) is 5.69 Å². The van der Waals surface area contributed by atoms with Gasteiger partial charge in [-0.15, -0.1) is 0 Å². The zero-order valence-electron chi connectivity index (χ0n) is 16.7. The Bertz CT molecular complexity index is 700. The summed E-state index contributed by atoms with van der Waals surface area (Å²) in [6.07, 6.45) is 0.354. The summed E-state index contributed by atoms with van der Waals surface area (Å²) >= 11 is 0. The molecule has 0 saturated carbocycles. The Balaban J connectivity index is 1.61. The third kappa shape index (κ3) is 3.57. The molecule has 5 nitrogen and oxygen atoms in total. The van der Waals surface area contributed by atoms with Crippen molar-refractivity contribution in [2.75, 3.05) is 37.6 Å². The van der Waals surface area contributed by atoms with Crippen molar-refractivity contribution in [3.8, 4) is 0 Å². The van der Waals surface area contributed by atoms with E-state index in [1.54, 1.807) is 0 Å². The Labute approximate surface area is 156 Å². The van der Waals surface area contributed by atoms with Crippen LogP contribution in [0, 0.1) is 19.8 Å². The lowest BCUT2D eigenvalue weighted by atomic mass is 10.0. The molecule has 0 aliphatic carbocycles.